The second-order valence-corrected chi connectivity index (χ2v) is 7.12. The molecule has 7 nitrogen and oxygen atoms in total. The summed E-state index contributed by atoms with van der Waals surface area (Å²) in [5.41, 5.74) is -0.0243. The van der Waals surface area contributed by atoms with Gasteiger partial charge in [0.25, 0.3) is 0 Å². The number of carbonyl (C=O) groups excluding carboxylic acids is 1. The quantitative estimate of drug-likeness (QED) is 0.184. The first-order valence-electron chi connectivity index (χ1n) is 7.69. The summed E-state index contributed by atoms with van der Waals surface area (Å²) in [6.07, 6.45) is -1.36. The molecule has 1 rings (SSSR count). The molecule has 0 spiro atoms. The number of halogens is 4. The molecule has 1 fully saturated rings. The fourth-order valence-electron chi connectivity index (χ4n) is 1.98. The van der Waals surface area contributed by atoms with Crippen LogP contribution in [-0.2, 0) is 29.1 Å². The van der Waals surface area contributed by atoms with Crippen molar-refractivity contribution in [1.82, 2.24) is 0 Å². The van der Waals surface area contributed by atoms with E-state index in [0.717, 1.165) is 6.42 Å². The third-order valence-electron chi connectivity index (χ3n) is 3.47. The van der Waals surface area contributed by atoms with Crippen LogP contribution in [0.2, 0.25) is 0 Å². The summed E-state index contributed by atoms with van der Waals surface area (Å²) in [5, 5.41) is -5.57. The Hall–Kier alpha value is -1.24. The smallest absolute Gasteiger partial charge is 0.431 e. The summed E-state index contributed by atoms with van der Waals surface area (Å²) >= 11 is 0. The molecule has 0 saturated carbocycles. The second kappa shape index (κ2) is 9.11. The lowest BCUT2D eigenvalue weighted by atomic mass is 10.1. The summed E-state index contributed by atoms with van der Waals surface area (Å²) in [5.74, 6) is -5.65. The van der Waals surface area contributed by atoms with E-state index in [1.807, 2.05) is 0 Å². The highest BCUT2D eigenvalue weighted by Crippen LogP contribution is 2.41. The molecule has 1 N–H and O–H groups in total. The molecule has 1 heterocycles. The second-order valence-electron chi connectivity index (χ2n) is 5.66. The van der Waals surface area contributed by atoms with Crippen LogP contribution in [0.1, 0.15) is 32.1 Å². The number of unbranched alkanes of at least 4 members (excludes halogenated alkanes) is 1. The molecule has 1 aliphatic rings. The van der Waals surface area contributed by atoms with Crippen molar-refractivity contribution in [3.63, 3.8) is 0 Å². The van der Waals surface area contributed by atoms with Crippen molar-refractivity contribution >= 4 is 16.1 Å². The molecule has 0 aromatic rings. The molecule has 1 aliphatic heterocycles. The average Bonchev–Trinajstić information content (AvgIpc) is 3.01. The number of alkyl halides is 4. The molecule has 1 atom stereocenters. The van der Waals surface area contributed by atoms with E-state index in [4.69, 9.17) is 18.8 Å². The van der Waals surface area contributed by atoms with Gasteiger partial charge >= 0.3 is 27.3 Å². The van der Waals surface area contributed by atoms with Gasteiger partial charge in [0.2, 0.25) is 6.29 Å². The van der Waals surface area contributed by atoms with Gasteiger partial charge in [-0.05, 0) is 19.3 Å². The first kappa shape index (κ1) is 22.8. The summed E-state index contributed by atoms with van der Waals surface area (Å²) in [7, 11) is -6.23. The highest BCUT2D eigenvalue weighted by atomic mass is 32.2. The van der Waals surface area contributed by atoms with Crippen LogP contribution in [0.4, 0.5) is 17.6 Å². The molecule has 26 heavy (non-hydrogen) atoms. The molecule has 12 heteroatoms. The third kappa shape index (κ3) is 6.18. The van der Waals surface area contributed by atoms with Crippen molar-refractivity contribution in [3.8, 4) is 0 Å². The summed E-state index contributed by atoms with van der Waals surface area (Å²) in [6.45, 7) is 3.53. The summed E-state index contributed by atoms with van der Waals surface area (Å²) in [4.78, 5) is 11.6. The zero-order valence-corrected chi connectivity index (χ0v) is 14.6. The molecular weight excluding hydrogens is 388 g/mol. The maximum atomic E-state index is 13.2. The normalized spacial score (nSPS) is 18.7. The van der Waals surface area contributed by atoms with Crippen molar-refractivity contribution in [2.24, 2.45) is 0 Å². The number of esters is 1. The fourth-order valence-corrected chi connectivity index (χ4v) is 2.46. The topological polar surface area (TPSA) is 99.1 Å². The summed E-state index contributed by atoms with van der Waals surface area (Å²) in [6, 6.07) is 0. The first-order chi connectivity index (χ1) is 11.9. The Labute approximate surface area is 148 Å². The van der Waals surface area contributed by atoms with Gasteiger partial charge in [-0.25, -0.2) is 4.79 Å². The first-order valence-corrected chi connectivity index (χ1v) is 9.13. The van der Waals surface area contributed by atoms with Crippen LogP contribution < -0.4 is 0 Å². The Morgan fingerprint density at radius 2 is 1.92 bits per heavy atom. The maximum absolute atomic E-state index is 13.2. The molecule has 152 valence electrons. The monoisotopic (exact) mass is 408 g/mol. The molecule has 0 bridgehead atoms. The van der Waals surface area contributed by atoms with E-state index >= 15 is 0 Å². The summed E-state index contributed by atoms with van der Waals surface area (Å²) < 4.78 is 96.3. The number of carbonyl (C=O) groups is 1. The standard InChI is InChI=1S/C14H20F4O7S/c1-10(12(19)25-11-5-4-8-24-11)9-23-7-3-2-6-13(15,16)14(17,18)26(20,21)22/h11H,1-9H2,(H,20,21,22). The van der Waals surface area contributed by atoms with Gasteiger partial charge in [0.1, 0.15) is 0 Å². The average molecular weight is 408 g/mol. The van der Waals surface area contributed by atoms with E-state index in [0.29, 0.717) is 13.0 Å². The van der Waals surface area contributed by atoms with Crippen LogP contribution in [0.15, 0.2) is 12.2 Å². The molecule has 1 saturated heterocycles. The number of hydrogen-bond donors (Lipinski definition) is 1. The molecule has 0 aromatic heterocycles. The molecule has 0 amide bonds. The minimum absolute atomic E-state index is 0.0243. The zero-order valence-electron chi connectivity index (χ0n) is 13.8. The number of ether oxygens (including phenoxy) is 3. The van der Waals surface area contributed by atoms with Gasteiger partial charge in [-0.3, -0.25) is 4.55 Å². The number of hydrogen-bond acceptors (Lipinski definition) is 6. The van der Waals surface area contributed by atoms with Gasteiger partial charge in [0, 0.05) is 19.4 Å². The highest BCUT2D eigenvalue weighted by Gasteiger charge is 2.64. The van der Waals surface area contributed by atoms with Gasteiger partial charge in [-0.1, -0.05) is 6.58 Å². The van der Waals surface area contributed by atoms with Crippen LogP contribution in [0.3, 0.4) is 0 Å². The Morgan fingerprint density at radius 3 is 2.46 bits per heavy atom. The number of rotatable bonds is 11. The van der Waals surface area contributed by atoms with Gasteiger partial charge in [0.15, 0.2) is 0 Å². The van der Waals surface area contributed by atoms with Crippen LogP contribution in [0.25, 0.3) is 0 Å². The largest absolute Gasteiger partial charge is 0.432 e. The van der Waals surface area contributed by atoms with E-state index in [2.05, 4.69) is 6.58 Å². The minimum atomic E-state index is -6.23. The SMILES string of the molecule is C=C(COCCCCC(F)(F)C(F)(F)S(=O)(=O)O)C(=O)OC1CCCO1. The predicted octanol–water partition coefficient (Wildman–Crippen LogP) is 2.53. The fraction of sp³-hybridized carbons (Fsp3) is 0.786. The molecule has 0 aromatic carbocycles. The van der Waals surface area contributed by atoms with Crippen molar-refractivity contribution in [1.29, 1.82) is 0 Å². The van der Waals surface area contributed by atoms with E-state index in [-0.39, 0.29) is 25.2 Å². The molecule has 0 radical (unpaired) electrons. The maximum Gasteiger partial charge on any atom is 0.431 e. The van der Waals surface area contributed by atoms with Crippen LogP contribution in [0.5, 0.6) is 0 Å². The van der Waals surface area contributed by atoms with Crippen LogP contribution in [-0.4, -0.2) is 56.2 Å². The van der Waals surface area contributed by atoms with Crippen molar-refractivity contribution in [3.05, 3.63) is 12.2 Å². The molecule has 1 unspecified atom stereocenters. The van der Waals surface area contributed by atoms with Crippen LogP contribution >= 0.6 is 0 Å². The highest BCUT2D eigenvalue weighted by molar-refractivity contribution is 7.87. The van der Waals surface area contributed by atoms with E-state index in [9.17, 15) is 30.8 Å². The predicted molar refractivity (Wildman–Crippen MR) is 80.3 cm³/mol. The Morgan fingerprint density at radius 1 is 1.27 bits per heavy atom. The Balaban J connectivity index is 2.24. The third-order valence-corrected chi connectivity index (χ3v) is 4.42. The van der Waals surface area contributed by atoms with E-state index in [1.54, 1.807) is 0 Å². The lowest BCUT2D eigenvalue weighted by Crippen LogP contribution is -2.46. The van der Waals surface area contributed by atoms with Gasteiger partial charge in [-0.15, -0.1) is 0 Å². The zero-order chi connectivity index (χ0) is 20.0. The van der Waals surface area contributed by atoms with Crippen molar-refractivity contribution in [2.75, 3.05) is 19.8 Å². The van der Waals surface area contributed by atoms with E-state index in [1.165, 1.54) is 0 Å². The van der Waals surface area contributed by atoms with Gasteiger partial charge < -0.3 is 14.2 Å². The molecule has 0 aliphatic carbocycles. The van der Waals surface area contributed by atoms with Gasteiger partial charge in [0.05, 0.1) is 18.8 Å². The molecular formula is C14H20F4O7S. The van der Waals surface area contributed by atoms with E-state index < -0.39 is 46.4 Å². The Kier molecular flexibility index (Phi) is 7.99. The van der Waals surface area contributed by atoms with Crippen molar-refractivity contribution < 1.29 is 49.5 Å². The Bertz CT molecular complexity index is 600. The van der Waals surface area contributed by atoms with Crippen molar-refractivity contribution in [2.45, 2.75) is 49.6 Å². The minimum Gasteiger partial charge on any atom is -0.432 e. The lowest BCUT2D eigenvalue weighted by molar-refractivity contribution is -0.165. The lowest BCUT2D eigenvalue weighted by Gasteiger charge is -2.23. The van der Waals surface area contributed by atoms with Crippen LogP contribution in [0, 0.1) is 0 Å². The van der Waals surface area contributed by atoms with Gasteiger partial charge in [-0.2, -0.15) is 26.0 Å².